The first-order valence-corrected chi connectivity index (χ1v) is 11.9. The summed E-state index contributed by atoms with van der Waals surface area (Å²) in [5.74, 6) is -0.674. The Kier molecular flexibility index (Phi) is 7.63. The Morgan fingerprint density at radius 2 is 1.70 bits per heavy atom. The van der Waals surface area contributed by atoms with Gasteiger partial charge in [-0.25, -0.2) is 8.42 Å². The number of nitrogens with zero attached hydrogens (tertiary/aromatic N) is 1. The van der Waals surface area contributed by atoms with Gasteiger partial charge < -0.3 is 10.6 Å². The second-order valence-electron chi connectivity index (χ2n) is 7.69. The van der Waals surface area contributed by atoms with Gasteiger partial charge in [-0.05, 0) is 53.6 Å². The van der Waals surface area contributed by atoms with E-state index in [9.17, 15) is 18.0 Å². The third kappa shape index (κ3) is 6.06. The van der Waals surface area contributed by atoms with Crippen LogP contribution in [0.1, 0.15) is 25.5 Å². The molecule has 0 fully saturated rings. The van der Waals surface area contributed by atoms with Crippen molar-refractivity contribution in [2.45, 2.75) is 24.8 Å². The Balaban J connectivity index is 1.72. The van der Waals surface area contributed by atoms with Crippen LogP contribution in [0.4, 0.5) is 5.69 Å². The summed E-state index contributed by atoms with van der Waals surface area (Å²) in [5, 5.41) is 7.64. The Morgan fingerprint density at radius 3 is 2.33 bits per heavy atom. The van der Waals surface area contributed by atoms with Gasteiger partial charge in [0.25, 0.3) is 0 Å². The van der Waals surface area contributed by atoms with Crippen LogP contribution in [0.5, 0.6) is 0 Å². The number of hydrogen-bond donors (Lipinski definition) is 2. The van der Waals surface area contributed by atoms with E-state index in [1.807, 2.05) is 49.4 Å². The topological polar surface area (TPSA) is 95.6 Å². The molecule has 0 aromatic heterocycles. The van der Waals surface area contributed by atoms with E-state index in [-0.39, 0.29) is 29.9 Å². The molecular weight excluding hydrogens is 438 g/mol. The maximum atomic E-state index is 13.1. The van der Waals surface area contributed by atoms with Crippen molar-refractivity contribution in [2.75, 3.05) is 18.4 Å². The van der Waals surface area contributed by atoms with Crippen molar-refractivity contribution in [2.24, 2.45) is 0 Å². The van der Waals surface area contributed by atoms with Crippen LogP contribution in [0.15, 0.2) is 84.3 Å². The van der Waals surface area contributed by atoms with Crippen molar-refractivity contribution in [3.63, 3.8) is 0 Å². The van der Waals surface area contributed by atoms with E-state index in [1.165, 1.54) is 37.3 Å². The highest BCUT2D eigenvalue weighted by molar-refractivity contribution is 7.89. The zero-order valence-electron chi connectivity index (χ0n) is 18.6. The van der Waals surface area contributed by atoms with Crippen LogP contribution in [0.25, 0.3) is 10.8 Å². The summed E-state index contributed by atoms with van der Waals surface area (Å²) in [7, 11) is -3.94. The number of amides is 2. The second-order valence-corrected chi connectivity index (χ2v) is 9.63. The van der Waals surface area contributed by atoms with Crippen molar-refractivity contribution in [1.82, 2.24) is 9.62 Å². The van der Waals surface area contributed by atoms with Crippen molar-refractivity contribution in [1.29, 1.82) is 0 Å². The van der Waals surface area contributed by atoms with E-state index in [2.05, 4.69) is 17.2 Å². The third-order valence-electron chi connectivity index (χ3n) is 5.12. The number of carbonyl (C=O) groups is 2. The standard InChI is InChI=1S/C25H27N3O4S/c1-4-15-28(33(31,32)24-13-11-23(12-14-24)27-19(3)29)17-25(30)26-18(2)21-10-9-20-7-5-6-8-22(20)16-21/h4-14,16,18H,1,15,17H2,2-3H3,(H,26,30)(H,27,29)/t18-/m0/s1. The fourth-order valence-electron chi connectivity index (χ4n) is 3.46. The lowest BCUT2D eigenvalue weighted by Gasteiger charge is -2.22. The van der Waals surface area contributed by atoms with Crippen molar-refractivity contribution < 1.29 is 18.0 Å². The molecule has 2 amide bonds. The van der Waals surface area contributed by atoms with E-state index >= 15 is 0 Å². The number of fused-ring (bicyclic) bond motifs is 1. The van der Waals surface area contributed by atoms with Gasteiger partial charge in [-0.15, -0.1) is 6.58 Å². The Hall–Kier alpha value is -3.49. The first kappa shape index (κ1) is 24.2. The predicted octanol–water partition coefficient (Wildman–Crippen LogP) is 3.85. The average molecular weight is 466 g/mol. The van der Waals surface area contributed by atoms with Crippen LogP contribution in [0, 0.1) is 0 Å². The van der Waals surface area contributed by atoms with Gasteiger partial charge in [-0.2, -0.15) is 4.31 Å². The highest BCUT2D eigenvalue weighted by Crippen LogP contribution is 2.21. The van der Waals surface area contributed by atoms with E-state index in [0.717, 1.165) is 20.6 Å². The van der Waals surface area contributed by atoms with Crippen molar-refractivity contribution >= 4 is 38.3 Å². The SMILES string of the molecule is C=CCN(CC(=O)N[C@@H](C)c1ccc2ccccc2c1)S(=O)(=O)c1ccc(NC(C)=O)cc1. The summed E-state index contributed by atoms with van der Waals surface area (Å²) < 4.78 is 27.3. The lowest BCUT2D eigenvalue weighted by molar-refractivity contribution is -0.122. The minimum absolute atomic E-state index is 0.0203. The molecule has 3 aromatic carbocycles. The molecule has 7 nitrogen and oxygen atoms in total. The number of carbonyl (C=O) groups excluding carboxylic acids is 2. The molecule has 0 spiro atoms. The summed E-state index contributed by atoms with van der Waals surface area (Å²) in [6.45, 7) is 6.47. The minimum atomic E-state index is -3.94. The molecule has 172 valence electrons. The van der Waals surface area contributed by atoms with E-state index in [0.29, 0.717) is 5.69 Å². The number of hydrogen-bond acceptors (Lipinski definition) is 4. The molecule has 1 atom stereocenters. The third-order valence-corrected chi connectivity index (χ3v) is 6.94. The fraction of sp³-hybridized carbons (Fsp3) is 0.200. The number of benzene rings is 3. The first-order chi connectivity index (χ1) is 15.7. The van der Waals surface area contributed by atoms with Crippen molar-refractivity contribution in [3.05, 3.63) is 84.9 Å². The van der Waals surface area contributed by atoms with Crippen LogP contribution in [0.3, 0.4) is 0 Å². The monoisotopic (exact) mass is 465 g/mol. The molecule has 2 N–H and O–H groups in total. The summed E-state index contributed by atoms with van der Waals surface area (Å²) in [6, 6.07) is 19.4. The van der Waals surface area contributed by atoms with E-state index < -0.39 is 15.9 Å². The predicted molar refractivity (Wildman–Crippen MR) is 130 cm³/mol. The summed E-state index contributed by atoms with van der Waals surface area (Å²) in [4.78, 5) is 23.9. The molecule has 3 rings (SSSR count). The maximum Gasteiger partial charge on any atom is 0.243 e. The number of nitrogens with one attached hydrogen (secondary N) is 2. The lowest BCUT2D eigenvalue weighted by atomic mass is 10.0. The summed E-state index contributed by atoms with van der Waals surface area (Å²) >= 11 is 0. The van der Waals surface area contributed by atoms with Crippen LogP contribution in [0.2, 0.25) is 0 Å². The summed E-state index contributed by atoms with van der Waals surface area (Å²) in [6.07, 6.45) is 1.43. The lowest BCUT2D eigenvalue weighted by Crippen LogP contribution is -2.41. The molecule has 3 aromatic rings. The average Bonchev–Trinajstić information content (AvgIpc) is 2.78. The Morgan fingerprint density at radius 1 is 1.03 bits per heavy atom. The molecule has 0 heterocycles. The second kappa shape index (κ2) is 10.4. The van der Waals surface area contributed by atoms with Crippen LogP contribution < -0.4 is 10.6 Å². The Labute approximate surface area is 194 Å². The van der Waals surface area contributed by atoms with Gasteiger partial charge in [0.1, 0.15) is 0 Å². The van der Waals surface area contributed by atoms with Crippen LogP contribution >= 0.6 is 0 Å². The minimum Gasteiger partial charge on any atom is -0.348 e. The highest BCUT2D eigenvalue weighted by atomic mass is 32.2. The Bertz CT molecular complexity index is 1270. The molecule has 0 saturated carbocycles. The van der Waals surface area contributed by atoms with Gasteiger partial charge in [0.15, 0.2) is 0 Å². The fourth-order valence-corrected chi connectivity index (χ4v) is 4.83. The van der Waals surface area contributed by atoms with Gasteiger partial charge in [0.05, 0.1) is 17.5 Å². The number of anilines is 1. The molecule has 0 aliphatic heterocycles. The van der Waals surface area contributed by atoms with E-state index in [4.69, 9.17) is 0 Å². The molecule has 33 heavy (non-hydrogen) atoms. The molecule has 0 radical (unpaired) electrons. The summed E-state index contributed by atoms with van der Waals surface area (Å²) in [5.41, 5.74) is 1.41. The van der Waals surface area contributed by atoms with Gasteiger partial charge >= 0.3 is 0 Å². The molecule has 0 unspecified atom stereocenters. The molecule has 0 bridgehead atoms. The van der Waals surface area contributed by atoms with Crippen LogP contribution in [-0.2, 0) is 19.6 Å². The smallest absolute Gasteiger partial charge is 0.243 e. The molecule has 0 aliphatic carbocycles. The van der Waals surface area contributed by atoms with Crippen molar-refractivity contribution in [3.8, 4) is 0 Å². The van der Waals surface area contributed by atoms with Gasteiger partial charge in [0, 0.05) is 19.2 Å². The quantitative estimate of drug-likeness (QED) is 0.469. The molecule has 0 aliphatic rings. The maximum absolute atomic E-state index is 13.1. The van der Waals surface area contributed by atoms with Crippen LogP contribution in [-0.4, -0.2) is 37.6 Å². The normalized spacial score (nSPS) is 12.3. The van der Waals surface area contributed by atoms with E-state index in [1.54, 1.807) is 0 Å². The van der Waals surface area contributed by atoms with Gasteiger partial charge in [0.2, 0.25) is 21.8 Å². The highest BCUT2D eigenvalue weighted by Gasteiger charge is 2.26. The van der Waals surface area contributed by atoms with Gasteiger partial charge in [-0.3, -0.25) is 9.59 Å². The molecule has 0 saturated heterocycles. The largest absolute Gasteiger partial charge is 0.348 e. The zero-order valence-corrected chi connectivity index (χ0v) is 19.4. The molecule has 8 heteroatoms. The zero-order chi connectivity index (χ0) is 24.0. The van der Waals surface area contributed by atoms with Gasteiger partial charge in [-0.1, -0.05) is 42.5 Å². The number of rotatable bonds is 9. The molecular formula is C25H27N3O4S. The first-order valence-electron chi connectivity index (χ1n) is 10.5. The number of sulfonamides is 1.